The van der Waals surface area contributed by atoms with Gasteiger partial charge in [0.15, 0.2) is 0 Å². The molecule has 0 spiro atoms. The van der Waals surface area contributed by atoms with Crippen LogP contribution in [0.25, 0.3) is 0 Å². The van der Waals surface area contributed by atoms with Gasteiger partial charge >= 0.3 is 0 Å². The van der Waals surface area contributed by atoms with Crippen molar-refractivity contribution in [1.29, 1.82) is 0 Å². The Morgan fingerprint density at radius 2 is 1.42 bits per heavy atom. The molecule has 1 rings (SSSR count). The van der Waals surface area contributed by atoms with Crippen LogP contribution in [0.3, 0.4) is 0 Å². The minimum Gasteiger partial charge on any atom is -0.306 e. The predicted octanol–water partition coefficient (Wildman–Crippen LogP) is 5.16. The molecule has 0 aromatic carbocycles. The van der Waals surface area contributed by atoms with Crippen LogP contribution in [0, 0.1) is 5.92 Å². The van der Waals surface area contributed by atoms with Crippen molar-refractivity contribution in [3.05, 3.63) is 0 Å². The topological polar surface area (TPSA) is 3.24 Å². The Kier molecular flexibility index (Phi) is 11.0. The fraction of sp³-hybridized carbons (Fsp3) is 1.00. The Labute approximate surface area is 126 Å². The average molecular weight is 286 g/mol. The van der Waals surface area contributed by atoms with E-state index in [1.54, 1.807) is 0 Å². The third-order valence-corrected chi connectivity index (χ3v) is 4.81. The normalized spacial score (nSPS) is 17.2. The first-order valence-electron chi connectivity index (χ1n) is 8.62. The fourth-order valence-electron chi connectivity index (χ4n) is 3.28. The van der Waals surface area contributed by atoms with Crippen LogP contribution in [-0.4, -0.2) is 30.8 Å². The Bertz CT molecular complexity index is 190. The third kappa shape index (κ3) is 9.79. The van der Waals surface area contributed by atoms with Gasteiger partial charge in [-0.3, -0.25) is 0 Å². The van der Waals surface area contributed by atoms with Crippen molar-refractivity contribution in [2.45, 2.75) is 77.0 Å². The molecular weight excluding hydrogens is 250 g/mol. The summed E-state index contributed by atoms with van der Waals surface area (Å²) in [5.41, 5.74) is 0. The lowest BCUT2D eigenvalue weighted by molar-refractivity contribution is 0.230. The molecule has 0 aromatic heterocycles. The molecule has 114 valence electrons. The molecule has 19 heavy (non-hydrogen) atoms. The van der Waals surface area contributed by atoms with E-state index in [0.29, 0.717) is 0 Å². The highest BCUT2D eigenvalue weighted by molar-refractivity contribution is 7.80. The van der Waals surface area contributed by atoms with Crippen molar-refractivity contribution in [2.75, 3.05) is 25.9 Å². The van der Waals surface area contributed by atoms with E-state index in [0.717, 1.165) is 11.7 Å². The maximum Gasteiger partial charge on any atom is 0.000661 e. The molecule has 0 heterocycles. The molecule has 1 saturated carbocycles. The van der Waals surface area contributed by atoms with E-state index in [1.165, 1.54) is 90.1 Å². The lowest BCUT2D eigenvalue weighted by Crippen LogP contribution is -2.27. The van der Waals surface area contributed by atoms with Gasteiger partial charge in [0.25, 0.3) is 0 Å². The van der Waals surface area contributed by atoms with E-state index >= 15 is 0 Å². The molecule has 1 aliphatic carbocycles. The van der Waals surface area contributed by atoms with Crippen molar-refractivity contribution in [2.24, 2.45) is 5.92 Å². The summed E-state index contributed by atoms with van der Waals surface area (Å²) >= 11 is 4.25. The van der Waals surface area contributed by atoms with Crippen LogP contribution in [0.5, 0.6) is 0 Å². The molecule has 0 N–H and O–H groups in total. The van der Waals surface area contributed by atoms with Gasteiger partial charge in [-0.1, -0.05) is 51.4 Å². The van der Waals surface area contributed by atoms with Gasteiger partial charge in [0, 0.05) is 6.54 Å². The summed E-state index contributed by atoms with van der Waals surface area (Å²) in [6.45, 7) is 2.66. The number of unbranched alkanes of at least 4 members (excludes halogenated alkanes) is 6. The van der Waals surface area contributed by atoms with Crippen LogP contribution in [0.15, 0.2) is 0 Å². The van der Waals surface area contributed by atoms with E-state index in [-0.39, 0.29) is 0 Å². The Morgan fingerprint density at radius 1 is 0.842 bits per heavy atom. The lowest BCUT2D eigenvalue weighted by Gasteiger charge is -2.26. The number of hydrogen-bond donors (Lipinski definition) is 1. The summed E-state index contributed by atoms with van der Waals surface area (Å²) in [5, 5.41) is 0. The largest absolute Gasteiger partial charge is 0.306 e. The lowest BCUT2D eigenvalue weighted by atomic mass is 9.89. The van der Waals surface area contributed by atoms with Crippen molar-refractivity contribution in [3.8, 4) is 0 Å². The van der Waals surface area contributed by atoms with Gasteiger partial charge in [-0.25, -0.2) is 0 Å². The second-order valence-corrected chi connectivity index (χ2v) is 6.91. The molecule has 0 unspecified atom stereocenters. The van der Waals surface area contributed by atoms with Crippen molar-refractivity contribution < 1.29 is 0 Å². The molecule has 2 heteroatoms. The molecule has 0 aliphatic heterocycles. The van der Waals surface area contributed by atoms with Gasteiger partial charge in [-0.15, -0.1) is 0 Å². The molecule has 1 aliphatic rings. The van der Waals surface area contributed by atoms with E-state index < -0.39 is 0 Å². The van der Waals surface area contributed by atoms with Crippen LogP contribution in [0.4, 0.5) is 0 Å². The summed E-state index contributed by atoms with van der Waals surface area (Å²) in [5.74, 6) is 2.06. The summed E-state index contributed by atoms with van der Waals surface area (Å²) in [4.78, 5) is 2.58. The highest BCUT2D eigenvalue weighted by atomic mass is 32.1. The molecule has 1 fully saturated rings. The maximum atomic E-state index is 4.25. The molecule has 0 saturated heterocycles. The van der Waals surface area contributed by atoms with Crippen LogP contribution in [-0.2, 0) is 0 Å². The first-order valence-corrected chi connectivity index (χ1v) is 9.25. The van der Waals surface area contributed by atoms with Crippen LogP contribution in [0.2, 0.25) is 0 Å². The van der Waals surface area contributed by atoms with Crippen LogP contribution in [0.1, 0.15) is 77.0 Å². The first-order chi connectivity index (χ1) is 9.33. The average Bonchev–Trinajstić information content (AvgIpc) is 2.43. The summed E-state index contributed by atoms with van der Waals surface area (Å²) in [6, 6.07) is 0. The quantitative estimate of drug-likeness (QED) is 0.405. The van der Waals surface area contributed by atoms with Gasteiger partial charge in [-0.2, -0.15) is 12.6 Å². The number of thiol groups is 1. The zero-order valence-corrected chi connectivity index (χ0v) is 14.0. The summed E-state index contributed by atoms with van der Waals surface area (Å²) in [7, 11) is 2.32. The van der Waals surface area contributed by atoms with Gasteiger partial charge in [0.05, 0.1) is 0 Å². The summed E-state index contributed by atoms with van der Waals surface area (Å²) < 4.78 is 0. The molecule has 0 atom stereocenters. The van der Waals surface area contributed by atoms with Crippen molar-refractivity contribution in [1.82, 2.24) is 4.90 Å². The monoisotopic (exact) mass is 285 g/mol. The van der Waals surface area contributed by atoms with E-state index in [4.69, 9.17) is 0 Å². The molecule has 0 amide bonds. The van der Waals surface area contributed by atoms with Gasteiger partial charge in [-0.05, 0) is 50.9 Å². The highest BCUT2D eigenvalue weighted by Crippen LogP contribution is 2.24. The second-order valence-electron chi connectivity index (χ2n) is 6.46. The highest BCUT2D eigenvalue weighted by Gasteiger charge is 2.14. The number of rotatable bonds is 11. The molecule has 1 nitrogen and oxygen atoms in total. The minimum absolute atomic E-state index is 1.000. The Morgan fingerprint density at radius 3 is 2.05 bits per heavy atom. The Hall–Kier alpha value is 0.310. The van der Waals surface area contributed by atoms with Crippen molar-refractivity contribution >= 4 is 12.6 Å². The fourth-order valence-corrected chi connectivity index (χ4v) is 3.50. The maximum absolute atomic E-state index is 4.25. The predicted molar refractivity (Wildman–Crippen MR) is 90.2 cm³/mol. The molecule has 0 radical (unpaired) electrons. The Balaban J connectivity index is 1.85. The zero-order chi connectivity index (χ0) is 13.8. The van der Waals surface area contributed by atoms with Crippen molar-refractivity contribution in [3.63, 3.8) is 0 Å². The SMILES string of the molecule is CN(CCCCCCCCCS)CC1CCCCC1. The standard InChI is InChI=1S/C17H35NS/c1-18(16-17-12-8-7-9-13-17)14-10-5-3-2-4-6-11-15-19/h17,19H,2-16H2,1H3. The zero-order valence-electron chi connectivity index (χ0n) is 13.1. The number of hydrogen-bond acceptors (Lipinski definition) is 2. The van der Waals surface area contributed by atoms with Crippen LogP contribution < -0.4 is 0 Å². The van der Waals surface area contributed by atoms with E-state index in [9.17, 15) is 0 Å². The van der Waals surface area contributed by atoms with Crippen LogP contribution >= 0.6 is 12.6 Å². The minimum atomic E-state index is 1.000. The molecule has 0 aromatic rings. The molecular formula is C17H35NS. The summed E-state index contributed by atoms with van der Waals surface area (Å²) in [6.07, 6.45) is 17.2. The van der Waals surface area contributed by atoms with Gasteiger partial charge in [0.2, 0.25) is 0 Å². The number of nitrogens with zero attached hydrogens (tertiary/aromatic N) is 1. The first kappa shape index (κ1) is 17.4. The smallest absolute Gasteiger partial charge is 0.000661 e. The van der Waals surface area contributed by atoms with E-state index in [2.05, 4.69) is 24.6 Å². The second kappa shape index (κ2) is 12.1. The molecule has 0 bridgehead atoms. The van der Waals surface area contributed by atoms with E-state index in [1.807, 2.05) is 0 Å². The van der Waals surface area contributed by atoms with Gasteiger partial charge < -0.3 is 4.90 Å². The third-order valence-electron chi connectivity index (χ3n) is 4.49. The van der Waals surface area contributed by atoms with Gasteiger partial charge in [0.1, 0.15) is 0 Å².